The van der Waals surface area contributed by atoms with E-state index in [1.165, 1.54) is 17.4 Å². The first-order valence-corrected chi connectivity index (χ1v) is 3.26. The summed E-state index contributed by atoms with van der Waals surface area (Å²) in [5.74, 6) is 0. The van der Waals surface area contributed by atoms with Crippen molar-refractivity contribution < 1.29 is 0 Å². The predicted octanol–water partition coefficient (Wildman–Crippen LogP) is 1.17. The Morgan fingerprint density at radius 1 is 1.75 bits per heavy atom. The van der Waals surface area contributed by atoms with Crippen molar-refractivity contribution in [3.63, 3.8) is 0 Å². The highest BCUT2D eigenvalue weighted by Crippen LogP contribution is 1.88. The molecule has 8 heavy (non-hydrogen) atoms. The zero-order valence-electron chi connectivity index (χ0n) is 3.88. The van der Waals surface area contributed by atoms with E-state index in [4.69, 9.17) is 0 Å². The molecule has 1 rings (SSSR count). The van der Waals surface area contributed by atoms with Crippen LogP contribution in [0.3, 0.4) is 0 Å². The van der Waals surface area contributed by atoms with Crippen molar-refractivity contribution in [1.82, 2.24) is 4.98 Å². The molecule has 0 bridgehead atoms. The van der Waals surface area contributed by atoms with E-state index < -0.39 is 0 Å². The predicted molar refractivity (Wildman–Crippen MR) is 35.8 cm³/mol. The van der Waals surface area contributed by atoms with Crippen LogP contribution in [-0.4, -0.2) is 4.98 Å². The lowest BCUT2D eigenvalue weighted by atomic mass is 10.7. The highest BCUT2D eigenvalue weighted by molar-refractivity contribution is 7.73. The Morgan fingerprint density at radius 3 is 2.88 bits per heavy atom. The van der Waals surface area contributed by atoms with Gasteiger partial charge in [-0.1, -0.05) is 0 Å². The van der Waals surface area contributed by atoms with Crippen LogP contribution in [0.1, 0.15) is 0 Å². The van der Waals surface area contributed by atoms with E-state index in [-0.39, 0.29) is 5.56 Å². The SMILES string of the molecule is O=c1ccsc(=S)[nH]1. The molecule has 2 nitrogen and oxygen atoms in total. The van der Waals surface area contributed by atoms with E-state index in [2.05, 4.69) is 17.2 Å². The normalized spacial score (nSPS) is 9.00. The maximum atomic E-state index is 10.4. The second-order valence-electron chi connectivity index (χ2n) is 1.20. The molecule has 4 heteroatoms. The molecule has 0 amide bonds. The van der Waals surface area contributed by atoms with Gasteiger partial charge in [0.1, 0.15) is 0 Å². The van der Waals surface area contributed by atoms with Crippen molar-refractivity contribution >= 4 is 23.6 Å². The van der Waals surface area contributed by atoms with Gasteiger partial charge in [-0.3, -0.25) is 4.79 Å². The fraction of sp³-hybridized carbons (Fsp3) is 0. The topological polar surface area (TPSA) is 32.9 Å². The van der Waals surface area contributed by atoms with E-state index in [9.17, 15) is 4.79 Å². The molecule has 42 valence electrons. The Kier molecular flexibility index (Phi) is 1.55. The van der Waals surface area contributed by atoms with Gasteiger partial charge in [0.2, 0.25) is 5.56 Å². The molecule has 0 aliphatic carbocycles. The zero-order chi connectivity index (χ0) is 5.98. The number of aromatic amines is 1. The van der Waals surface area contributed by atoms with Gasteiger partial charge in [-0.05, 0) is 17.6 Å². The van der Waals surface area contributed by atoms with E-state index in [0.29, 0.717) is 3.95 Å². The highest BCUT2D eigenvalue weighted by atomic mass is 32.1. The summed E-state index contributed by atoms with van der Waals surface area (Å²) in [5, 5.41) is 1.67. The number of aromatic nitrogens is 1. The van der Waals surface area contributed by atoms with Crippen molar-refractivity contribution in [3.8, 4) is 0 Å². The second kappa shape index (κ2) is 2.19. The number of hydrogen-bond acceptors (Lipinski definition) is 3. The third-order valence-corrected chi connectivity index (χ3v) is 1.60. The van der Waals surface area contributed by atoms with Crippen molar-refractivity contribution in [2.75, 3.05) is 0 Å². The van der Waals surface area contributed by atoms with Gasteiger partial charge in [0, 0.05) is 6.07 Å². The highest BCUT2D eigenvalue weighted by Gasteiger charge is 1.76. The second-order valence-corrected chi connectivity index (χ2v) is 2.78. The van der Waals surface area contributed by atoms with Crippen LogP contribution in [0.4, 0.5) is 0 Å². The quantitative estimate of drug-likeness (QED) is 0.556. The Labute approximate surface area is 54.8 Å². The molecule has 0 aromatic carbocycles. The summed E-state index contributed by atoms with van der Waals surface area (Å²) in [6.45, 7) is 0. The van der Waals surface area contributed by atoms with Crippen molar-refractivity contribution in [2.45, 2.75) is 0 Å². The molecule has 0 fully saturated rings. The minimum atomic E-state index is -0.131. The summed E-state index contributed by atoms with van der Waals surface area (Å²) in [7, 11) is 0. The minimum Gasteiger partial charge on any atom is -0.305 e. The maximum Gasteiger partial charge on any atom is 0.250 e. The van der Waals surface area contributed by atoms with E-state index in [0.717, 1.165) is 0 Å². The fourth-order valence-corrected chi connectivity index (χ4v) is 1.07. The smallest absolute Gasteiger partial charge is 0.250 e. The molecule has 1 aromatic rings. The standard InChI is InChI=1S/C4H3NOS2/c6-3-1-2-8-4(7)5-3/h1-2H,(H,5,6,7). The molecule has 1 aromatic heterocycles. The van der Waals surface area contributed by atoms with Gasteiger partial charge in [0.25, 0.3) is 0 Å². The van der Waals surface area contributed by atoms with Crippen LogP contribution >= 0.6 is 23.6 Å². The van der Waals surface area contributed by atoms with Crippen LogP contribution in [0, 0.1) is 3.95 Å². The summed E-state index contributed by atoms with van der Waals surface area (Å²) < 4.78 is 0.525. The van der Waals surface area contributed by atoms with Crippen molar-refractivity contribution in [1.29, 1.82) is 0 Å². The Bertz CT molecular complexity index is 248. The van der Waals surface area contributed by atoms with Crippen molar-refractivity contribution in [2.24, 2.45) is 0 Å². The number of nitrogens with one attached hydrogen (secondary N) is 1. The maximum absolute atomic E-state index is 10.4. The van der Waals surface area contributed by atoms with E-state index >= 15 is 0 Å². The molecule has 0 spiro atoms. The lowest BCUT2D eigenvalue weighted by molar-refractivity contribution is 1.27. The average Bonchev–Trinajstić information content (AvgIpc) is 1.64. The van der Waals surface area contributed by atoms with Gasteiger partial charge in [0.05, 0.1) is 0 Å². The largest absolute Gasteiger partial charge is 0.305 e. The first-order chi connectivity index (χ1) is 3.79. The first kappa shape index (κ1) is 5.65. The lowest BCUT2D eigenvalue weighted by Crippen LogP contribution is -1.99. The Hall–Kier alpha value is -0.480. The average molecular weight is 145 g/mol. The molecule has 1 N–H and O–H groups in total. The molecule has 0 unspecified atom stereocenters. The van der Waals surface area contributed by atoms with Crippen molar-refractivity contribution in [3.05, 3.63) is 25.8 Å². The number of rotatable bonds is 0. The van der Waals surface area contributed by atoms with Crippen LogP contribution in [0.25, 0.3) is 0 Å². The van der Waals surface area contributed by atoms with Crippen LogP contribution in [-0.2, 0) is 0 Å². The monoisotopic (exact) mass is 145 g/mol. The molecule has 0 saturated carbocycles. The Balaban J connectivity index is 3.50. The molecular formula is C4H3NOS2. The summed E-state index contributed by atoms with van der Waals surface area (Å²) >= 11 is 6.00. The molecule has 0 aliphatic rings. The van der Waals surface area contributed by atoms with E-state index in [1.807, 2.05) is 0 Å². The van der Waals surface area contributed by atoms with Gasteiger partial charge in [-0.15, -0.1) is 11.3 Å². The van der Waals surface area contributed by atoms with Crippen LogP contribution < -0.4 is 5.56 Å². The molecule has 0 radical (unpaired) electrons. The fourth-order valence-electron chi connectivity index (χ4n) is 0.329. The zero-order valence-corrected chi connectivity index (χ0v) is 5.51. The van der Waals surface area contributed by atoms with Gasteiger partial charge < -0.3 is 4.98 Å². The summed E-state index contributed by atoms with van der Waals surface area (Å²) in [5.41, 5.74) is -0.131. The lowest BCUT2D eigenvalue weighted by Gasteiger charge is -1.75. The van der Waals surface area contributed by atoms with Crippen LogP contribution in [0.5, 0.6) is 0 Å². The molecule has 0 atom stereocenters. The number of H-pyrrole nitrogens is 1. The Morgan fingerprint density at radius 2 is 2.50 bits per heavy atom. The van der Waals surface area contributed by atoms with E-state index in [1.54, 1.807) is 5.38 Å². The van der Waals surface area contributed by atoms with Crippen LogP contribution in [0.15, 0.2) is 16.2 Å². The first-order valence-electron chi connectivity index (χ1n) is 1.97. The summed E-state index contributed by atoms with van der Waals surface area (Å²) in [6.07, 6.45) is 0. The van der Waals surface area contributed by atoms with Gasteiger partial charge in [-0.2, -0.15) is 0 Å². The minimum absolute atomic E-state index is 0.131. The number of hydrogen-bond donors (Lipinski definition) is 1. The third kappa shape index (κ3) is 1.24. The third-order valence-electron chi connectivity index (χ3n) is 0.620. The van der Waals surface area contributed by atoms with Gasteiger partial charge in [-0.25, -0.2) is 0 Å². The molecular weight excluding hydrogens is 142 g/mol. The molecule has 0 aliphatic heterocycles. The van der Waals surface area contributed by atoms with Gasteiger partial charge in [0.15, 0.2) is 3.95 Å². The molecule has 1 heterocycles. The van der Waals surface area contributed by atoms with Gasteiger partial charge >= 0.3 is 0 Å². The summed E-state index contributed by atoms with van der Waals surface area (Å²) in [6, 6.07) is 1.44. The molecule has 0 saturated heterocycles. The van der Waals surface area contributed by atoms with Crippen LogP contribution in [0.2, 0.25) is 0 Å². The summed E-state index contributed by atoms with van der Waals surface area (Å²) in [4.78, 5) is 12.8.